The van der Waals surface area contributed by atoms with E-state index in [1.54, 1.807) is 0 Å². The van der Waals surface area contributed by atoms with Crippen LogP contribution in [-0.4, -0.2) is 27.1 Å². The van der Waals surface area contributed by atoms with Gasteiger partial charge in [-0.1, -0.05) is 12.1 Å². The van der Waals surface area contributed by atoms with Crippen molar-refractivity contribution in [2.45, 2.75) is 26.3 Å². The molecule has 0 fully saturated rings. The van der Waals surface area contributed by atoms with Crippen LogP contribution in [0.4, 0.5) is 5.69 Å². The lowest BCUT2D eigenvalue weighted by molar-refractivity contribution is 0.0984. The maximum atomic E-state index is 12.1. The van der Waals surface area contributed by atoms with Gasteiger partial charge in [-0.2, -0.15) is 0 Å². The van der Waals surface area contributed by atoms with Gasteiger partial charge >= 0.3 is 0 Å². The molecule has 0 aliphatic carbocycles. The van der Waals surface area contributed by atoms with E-state index in [9.17, 15) is 4.79 Å². The molecule has 3 rings (SSSR count). The lowest BCUT2D eigenvalue weighted by atomic mass is 10.1. The fraction of sp³-hybridized carbons (Fsp3) is 0.400. The van der Waals surface area contributed by atoms with E-state index in [0.717, 1.165) is 35.9 Å². The Morgan fingerprint density at radius 3 is 2.80 bits per heavy atom. The van der Waals surface area contributed by atoms with Gasteiger partial charge in [0.1, 0.15) is 5.82 Å². The van der Waals surface area contributed by atoms with E-state index in [1.165, 1.54) is 0 Å². The van der Waals surface area contributed by atoms with E-state index >= 15 is 0 Å². The third-order valence-corrected chi connectivity index (χ3v) is 3.89. The molecule has 0 saturated carbocycles. The fourth-order valence-electron chi connectivity index (χ4n) is 2.59. The van der Waals surface area contributed by atoms with Gasteiger partial charge in [0.05, 0.1) is 6.54 Å². The summed E-state index contributed by atoms with van der Waals surface area (Å²) in [5.41, 5.74) is 1.83. The van der Waals surface area contributed by atoms with Crippen LogP contribution in [0.15, 0.2) is 24.3 Å². The van der Waals surface area contributed by atoms with E-state index in [1.807, 2.05) is 42.8 Å². The summed E-state index contributed by atoms with van der Waals surface area (Å²) in [6.07, 6.45) is 1.50. The minimum absolute atomic E-state index is 0.234. The van der Waals surface area contributed by atoms with Crippen LogP contribution in [0.2, 0.25) is 0 Å². The van der Waals surface area contributed by atoms with Gasteiger partial charge in [0, 0.05) is 31.3 Å². The lowest BCUT2D eigenvalue weighted by Crippen LogP contribution is -2.25. The lowest BCUT2D eigenvalue weighted by Gasteiger charge is -2.23. The first kappa shape index (κ1) is 12.8. The summed E-state index contributed by atoms with van der Waals surface area (Å²) in [7, 11) is 1.97. The molecule has 0 atom stereocenters. The van der Waals surface area contributed by atoms with Crippen molar-refractivity contribution in [3.63, 3.8) is 0 Å². The number of carbonyl (C=O) groups is 1. The molecule has 0 unspecified atom stereocenters. The maximum Gasteiger partial charge on any atom is 0.165 e. The monoisotopic (exact) mass is 270 g/mol. The number of para-hydroxylation sites is 1. The molecule has 104 valence electrons. The van der Waals surface area contributed by atoms with E-state index in [0.29, 0.717) is 13.0 Å². The fourth-order valence-corrected chi connectivity index (χ4v) is 2.59. The van der Waals surface area contributed by atoms with Crippen LogP contribution >= 0.6 is 0 Å². The molecule has 0 saturated heterocycles. The number of Topliss-reactive ketones (excluding diaryl/α,β-unsaturated/α-hetero) is 1. The summed E-state index contributed by atoms with van der Waals surface area (Å²) < 4.78 is 2.00. The molecule has 1 aliphatic rings. The standard InChI is InChI=1S/C15H18N4O/c1-11-16-17-15(18(11)2)10-19-9-5-8-14(20)12-6-3-4-7-13(12)19/h3-4,6-7H,5,8-10H2,1-2H3. The van der Waals surface area contributed by atoms with Crippen LogP contribution in [0.25, 0.3) is 0 Å². The van der Waals surface area contributed by atoms with Crippen molar-refractivity contribution in [2.75, 3.05) is 11.4 Å². The van der Waals surface area contributed by atoms with E-state index in [2.05, 4.69) is 15.1 Å². The van der Waals surface area contributed by atoms with Crippen LogP contribution in [-0.2, 0) is 13.6 Å². The summed E-state index contributed by atoms with van der Waals surface area (Å²) in [6.45, 7) is 3.49. The molecule has 5 heteroatoms. The van der Waals surface area contributed by atoms with Gasteiger partial charge in [-0.15, -0.1) is 10.2 Å². The highest BCUT2D eigenvalue weighted by molar-refractivity contribution is 6.01. The topological polar surface area (TPSA) is 51.0 Å². The number of fused-ring (bicyclic) bond motifs is 1. The van der Waals surface area contributed by atoms with E-state index in [4.69, 9.17) is 0 Å². The average Bonchev–Trinajstić information content (AvgIpc) is 2.69. The van der Waals surface area contributed by atoms with Gasteiger partial charge in [-0.05, 0) is 25.5 Å². The highest BCUT2D eigenvalue weighted by Crippen LogP contribution is 2.27. The highest BCUT2D eigenvalue weighted by atomic mass is 16.1. The summed E-state index contributed by atoms with van der Waals surface area (Å²) in [6, 6.07) is 7.83. The van der Waals surface area contributed by atoms with E-state index < -0.39 is 0 Å². The Morgan fingerprint density at radius 1 is 1.25 bits per heavy atom. The summed E-state index contributed by atoms with van der Waals surface area (Å²) in [5, 5.41) is 8.31. The van der Waals surface area contributed by atoms with Crippen LogP contribution in [0, 0.1) is 6.92 Å². The molecule has 1 aromatic carbocycles. The number of ketones is 1. The van der Waals surface area contributed by atoms with Gasteiger partial charge in [0.2, 0.25) is 0 Å². The first-order valence-corrected chi connectivity index (χ1v) is 6.89. The Kier molecular flexibility index (Phi) is 3.26. The van der Waals surface area contributed by atoms with Gasteiger partial charge in [0.25, 0.3) is 0 Å². The summed E-state index contributed by atoms with van der Waals surface area (Å²) >= 11 is 0. The van der Waals surface area contributed by atoms with Gasteiger partial charge in [-0.3, -0.25) is 4.79 Å². The molecule has 0 radical (unpaired) electrons. The second kappa shape index (κ2) is 5.07. The zero-order chi connectivity index (χ0) is 14.1. The predicted molar refractivity (Wildman–Crippen MR) is 76.8 cm³/mol. The normalized spacial score (nSPS) is 15.1. The molecule has 2 aromatic rings. The van der Waals surface area contributed by atoms with Crippen molar-refractivity contribution in [3.05, 3.63) is 41.5 Å². The molecule has 0 spiro atoms. The van der Waals surface area contributed by atoms with Crippen molar-refractivity contribution in [1.29, 1.82) is 0 Å². The van der Waals surface area contributed by atoms with Crippen molar-refractivity contribution in [2.24, 2.45) is 7.05 Å². The second-order valence-electron chi connectivity index (χ2n) is 5.19. The molecule has 1 aromatic heterocycles. The SMILES string of the molecule is Cc1nnc(CN2CCCC(=O)c3ccccc32)n1C. The first-order chi connectivity index (χ1) is 9.66. The van der Waals surface area contributed by atoms with Gasteiger partial charge in [0.15, 0.2) is 11.6 Å². The number of anilines is 1. The molecule has 20 heavy (non-hydrogen) atoms. The number of rotatable bonds is 2. The smallest absolute Gasteiger partial charge is 0.165 e. The molecular formula is C15H18N4O. The van der Waals surface area contributed by atoms with Crippen LogP contribution in [0.5, 0.6) is 0 Å². The highest BCUT2D eigenvalue weighted by Gasteiger charge is 2.21. The number of carbonyl (C=O) groups excluding carboxylic acids is 1. The molecule has 5 nitrogen and oxygen atoms in total. The Morgan fingerprint density at radius 2 is 2.05 bits per heavy atom. The quantitative estimate of drug-likeness (QED) is 0.838. The zero-order valence-corrected chi connectivity index (χ0v) is 11.8. The van der Waals surface area contributed by atoms with Crippen molar-refractivity contribution in [1.82, 2.24) is 14.8 Å². The molecule has 0 N–H and O–H groups in total. The van der Waals surface area contributed by atoms with Crippen LogP contribution in [0.1, 0.15) is 34.8 Å². The van der Waals surface area contributed by atoms with Crippen LogP contribution in [0.3, 0.4) is 0 Å². The van der Waals surface area contributed by atoms with Crippen LogP contribution < -0.4 is 4.90 Å². The number of hydrogen-bond donors (Lipinski definition) is 0. The van der Waals surface area contributed by atoms with Gasteiger partial charge < -0.3 is 9.47 Å². The number of hydrogen-bond acceptors (Lipinski definition) is 4. The van der Waals surface area contributed by atoms with Gasteiger partial charge in [-0.25, -0.2) is 0 Å². The largest absolute Gasteiger partial charge is 0.363 e. The Labute approximate surface area is 118 Å². The average molecular weight is 270 g/mol. The van der Waals surface area contributed by atoms with E-state index in [-0.39, 0.29) is 5.78 Å². The number of benzene rings is 1. The van der Waals surface area contributed by atoms with Crippen molar-refractivity contribution >= 4 is 11.5 Å². The maximum absolute atomic E-state index is 12.1. The summed E-state index contributed by atoms with van der Waals surface area (Å²) in [4.78, 5) is 14.3. The molecular weight excluding hydrogens is 252 g/mol. The molecule has 1 aliphatic heterocycles. The molecule has 0 amide bonds. The minimum atomic E-state index is 0.234. The zero-order valence-electron chi connectivity index (χ0n) is 11.8. The second-order valence-corrected chi connectivity index (χ2v) is 5.19. The first-order valence-electron chi connectivity index (χ1n) is 6.89. The Bertz CT molecular complexity index is 647. The Balaban J connectivity index is 1.95. The minimum Gasteiger partial charge on any atom is -0.363 e. The number of aryl methyl sites for hydroxylation is 1. The predicted octanol–water partition coefficient (Wildman–Crippen LogP) is 2.11. The Hall–Kier alpha value is -2.17. The third-order valence-electron chi connectivity index (χ3n) is 3.89. The van der Waals surface area contributed by atoms with Crippen molar-refractivity contribution in [3.8, 4) is 0 Å². The number of aromatic nitrogens is 3. The van der Waals surface area contributed by atoms with Crippen molar-refractivity contribution < 1.29 is 4.79 Å². The number of nitrogens with zero attached hydrogens (tertiary/aromatic N) is 4. The third kappa shape index (κ3) is 2.19. The summed E-state index contributed by atoms with van der Waals surface area (Å²) in [5.74, 6) is 2.06. The molecule has 2 heterocycles. The molecule has 0 bridgehead atoms.